The quantitative estimate of drug-likeness (QED) is 0.794. The predicted octanol–water partition coefficient (Wildman–Crippen LogP) is 4.93. The minimum Gasteiger partial charge on any atom is -0.331 e. The second kappa shape index (κ2) is 4.67. The molecule has 2 aromatic rings. The summed E-state index contributed by atoms with van der Waals surface area (Å²) in [4.78, 5) is 3.07. The summed E-state index contributed by atoms with van der Waals surface area (Å²) in [5, 5.41) is 0.112. The summed E-state index contributed by atoms with van der Waals surface area (Å²) in [6, 6.07) is 3.02. The minimum atomic E-state index is -0.416. The van der Waals surface area contributed by atoms with E-state index in [9.17, 15) is 4.39 Å². The van der Waals surface area contributed by atoms with E-state index in [0.717, 1.165) is 24.0 Å². The maximum atomic E-state index is 13.6. The highest BCUT2D eigenvalue weighted by molar-refractivity contribution is 7.71. The van der Waals surface area contributed by atoms with E-state index in [-0.39, 0.29) is 10.4 Å². The molecule has 0 unspecified atom stereocenters. The van der Waals surface area contributed by atoms with Crippen LogP contribution in [0.1, 0.15) is 27.2 Å². The molecule has 98 valence electrons. The van der Waals surface area contributed by atoms with Crippen molar-refractivity contribution in [3.63, 3.8) is 0 Å². The first-order valence-corrected chi connectivity index (χ1v) is 6.70. The highest BCUT2D eigenvalue weighted by Gasteiger charge is 2.18. The Bertz CT molecular complexity index is 642. The van der Waals surface area contributed by atoms with Crippen molar-refractivity contribution in [3.8, 4) is 0 Å². The zero-order valence-electron chi connectivity index (χ0n) is 10.7. The fourth-order valence-corrected chi connectivity index (χ4v) is 2.29. The molecule has 0 saturated heterocycles. The van der Waals surface area contributed by atoms with Crippen molar-refractivity contribution < 1.29 is 4.39 Å². The van der Waals surface area contributed by atoms with Crippen molar-refractivity contribution >= 4 is 34.9 Å². The summed E-state index contributed by atoms with van der Waals surface area (Å²) in [5.74, 6) is -0.416. The standard InChI is InChI=1S/C13H16ClFN2S/c1-4-13(2,3)7-17-11-6-9(15)8(14)5-10(11)16-12(17)18/h5-6H,4,7H2,1-3H3,(H,16,18). The van der Waals surface area contributed by atoms with Gasteiger partial charge in [-0.05, 0) is 30.1 Å². The molecule has 0 aliphatic carbocycles. The fraction of sp³-hybridized carbons (Fsp3) is 0.462. The minimum absolute atomic E-state index is 0.112. The van der Waals surface area contributed by atoms with E-state index in [1.165, 1.54) is 6.07 Å². The third-order valence-corrected chi connectivity index (χ3v) is 3.97. The van der Waals surface area contributed by atoms with E-state index in [4.69, 9.17) is 23.8 Å². The Labute approximate surface area is 116 Å². The molecule has 0 aliphatic rings. The molecule has 18 heavy (non-hydrogen) atoms. The molecule has 2 nitrogen and oxygen atoms in total. The van der Waals surface area contributed by atoms with Gasteiger partial charge in [-0.3, -0.25) is 0 Å². The molecule has 0 aliphatic heterocycles. The van der Waals surface area contributed by atoms with Gasteiger partial charge in [-0.1, -0.05) is 32.4 Å². The molecule has 1 heterocycles. The Morgan fingerprint density at radius 2 is 2.11 bits per heavy atom. The summed E-state index contributed by atoms with van der Waals surface area (Å²) < 4.78 is 16.1. The molecule has 0 spiro atoms. The molecular weight excluding hydrogens is 271 g/mol. The van der Waals surface area contributed by atoms with Crippen LogP contribution in [0.2, 0.25) is 5.02 Å². The van der Waals surface area contributed by atoms with Crippen LogP contribution in [0.5, 0.6) is 0 Å². The summed E-state index contributed by atoms with van der Waals surface area (Å²) in [5.41, 5.74) is 1.66. The Balaban J connectivity index is 2.60. The average molecular weight is 287 g/mol. The van der Waals surface area contributed by atoms with Crippen LogP contribution >= 0.6 is 23.8 Å². The Morgan fingerprint density at radius 3 is 2.72 bits per heavy atom. The number of imidazole rings is 1. The van der Waals surface area contributed by atoms with Gasteiger partial charge in [-0.25, -0.2) is 4.39 Å². The second-order valence-corrected chi connectivity index (χ2v) is 6.11. The normalized spacial score (nSPS) is 12.3. The van der Waals surface area contributed by atoms with E-state index in [0.29, 0.717) is 4.77 Å². The van der Waals surface area contributed by atoms with Crippen molar-refractivity contribution in [1.29, 1.82) is 0 Å². The van der Waals surface area contributed by atoms with Crippen molar-refractivity contribution in [2.45, 2.75) is 33.7 Å². The Hall–Kier alpha value is -0.870. The van der Waals surface area contributed by atoms with Gasteiger partial charge < -0.3 is 9.55 Å². The lowest BCUT2D eigenvalue weighted by Crippen LogP contribution is -2.18. The Kier molecular flexibility index (Phi) is 3.52. The molecule has 1 aromatic carbocycles. The van der Waals surface area contributed by atoms with Crippen LogP contribution in [-0.4, -0.2) is 9.55 Å². The van der Waals surface area contributed by atoms with Gasteiger partial charge in [-0.2, -0.15) is 0 Å². The number of H-pyrrole nitrogens is 1. The monoisotopic (exact) mass is 286 g/mol. The second-order valence-electron chi connectivity index (χ2n) is 5.32. The fourth-order valence-electron chi connectivity index (χ4n) is 1.85. The van der Waals surface area contributed by atoms with Gasteiger partial charge in [-0.15, -0.1) is 0 Å². The van der Waals surface area contributed by atoms with Crippen LogP contribution < -0.4 is 0 Å². The van der Waals surface area contributed by atoms with Crippen molar-refractivity contribution in [2.24, 2.45) is 5.41 Å². The van der Waals surface area contributed by atoms with Gasteiger partial charge >= 0.3 is 0 Å². The van der Waals surface area contributed by atoms with Gasteiger partial charge in [0, 0.05) is 12.6 Å². The first-order chi connectivity index (χ1) is 8.34. The zero-order chi connectivity index (χ0) is 13.5. The third kappa shape index (κ3) is 2.45. The van der Waals surface area contributed by atoms with E-state index in [1.54, 1.807) is 6.07 Å². The number of benzene rings is 1. The molecular formula is C13H16ClFN2S. The van der Waals surface area contributed by atoms with Gasteiger partial charge in [0.2, 0.25) is 0 Å². The van der Waals surface area contributed by atoms with Crippen LogP contribution in [0.4, 0.5) is 4.39 Å². The summed E-state index contributed by atoms with van der Waals surface area (Å²) in [6.45, 7) is 7.22. The van der Waals surface area contributed by atoms with E-state index < -0.39 is 5.82 Å². The molecule has 0 atom stereocenters. The lowest BCUT2D eigenvalue weighted by atomic mass is 9.90. The number of aromatic amines is 1. The van der Waals surface area contributed by atoms with Crippen LogP contribution in [0.25, 0.3) is 11.0 Å². The molecule has 0 radical (unpaired) electrons. The Morgan fingerprint density at radius 1 is 1.44 bits per heavy atom. The molecule has 0 amide bonds. The lowest BCUT2D eigenvalue weighted by molar-refractivity contribution is 0.297. The number of rotatable bonds is 3. The number of fused-ring (bicyclic) bond motifs is 1. The van der Waals surface area contributed by atoms with Crippen LogP contribution in [-0.2, 0) is 6.54 Å². The van der Waals surface area contributed by atoms with Gasteiger partial charge in [0.05, 0.1) is 16.1 Å². The number of halogens is 2. The van der Waals surface area contributed by atoms with E-state index in [1.807, 2.05) is 4.57 Å². The van der Waals surface area contributed by atoms with Crippen LogP contribution in [0.3, 0.4) is 0 Å². The topological polar surface area (TPSA) is 20.7 Å². The van der Waals surface area contributed by atoms with E-state index >= 15 is 0 Å². The van der Waals surface area contributed by atoms with Crippen molar-refractivity contribution in [2.75, 3.05) is 0 Å². The number of hydrogen-bond donors (Lipinski definition) is 1. The molecule has 0 fully saturated rings. The number of nitrogens with one attached hydrogen (secondary N) is 1. The number of nitrogens with zero attached hydrogens (tertiary/aromatic N) is 1. The van der Waals surface area contributed by atoms with Crippen LogP contribution in [0.15, 0.2) is 12.1 Å². The summed E-state index contributed by atoms with van der Waals surface area (Å²) in [7, 11) is 0. The predicted molar refractivity (Wildman–Crippen MR) is 76.2 cm³/mol. The number of aromatic nitrogens is 2. The maximum Gasteiger partial charge on any atom is 0.178 e. The van der Waals surface area contributed by atoms with Gasteiger partial charge in [0.15, 0.2) is 4.77 Å². The highest BCUT2D eigenvalue weighted by atomic mass is 35.5. The smallest absolute Gasteiger partial charge is 0.178 e. The summed E-state index contributed by atoms with van der Waals surface area (Å²) >= 11 is 11.1. The van der Waals surface area contributed by atoms with Gasteiger partial charge in [0.1, 0.15) is 5.82 Å². The third-order valence-electron chi connectivity index (χ3n) is 3.36. The SMILES string of the molecule is CCC(C)(C)Cn1c(=S)[nH]c2cc(Cl)c(F)cc21. The molecule has 1 aromatic heterocycles. The van der Waals surface area contributed by atoms with E-state index in [2.05, 4.69) is 25.8 Å². The first kappa shape index (κ1) is 13.6. The average Bonchev–Trinajstić information content (AvgIpc) is 2.57. The van der Waals surface area contributed by atoms with Crippen molar-refractivity contribution in [3.05, 3.63) is 27.7 Å². The highest BCUT2D eigenvalue weighted by Crippen LogP contribution is 2.27. The zero-order valence-corrected chi connectivity index (χ0v) is 12.3. The first-order valence-electron chi connectivity index (χ1n) is 5.91. The number of hydrogen-bond acceptors (Lipinski definition) is 1. The van der Waals surface area contributed by atoms with Gasteiger partial charge in [0.25, 0.3) is 0 Å². The largest absolute Gasteiger partial charge is 0.331 e. The lowest BCUT2D eigenvalue weighted by Gasteiger charge is -2.23. The summed E-state index contributed by atoms with van der Waals surface area (Å²) in [6.07, 6.45) is 1.03. The van der Waals surface area contributed by atoms with Crippen LogP contribution in [0, 0.1) is 16.0 Å². The molecule has 5 heteroatoms. The molecule has 0 bridgehead atoms. The molecule has 1 N–H and O–H groups in total. The molecule has 0 saturated carbocycles. The van der Waals surface area contributed by atoms with Crippen molar-refractivity contribution in [1.82, 2.24) is 9.55 Å². The maximum absolute atomic E-state index is 13.6. The molecule has 2 rings (SSSR count).